The monoisotopic (exact) mass is 262 g/mol. The second-order valence-corrected chi connectivity index (χ2v) is 7.35. The molecule has 0 amide bonds. The van der Waals surface area contributed by atoms with Gasteiger partial charge in [-0.05, 0) is 38.0 Å². The molecule has 0 radical (unpaired) electrons. The molecule has 5 heteroatoms. The van der Waals surface area contributed by atoms with E-state index in [0.29, 0.717) is 18.5 Å². The van der Waals surface area contributed by atoms with Gasteiger partial charge in [0.25, 0.3) is 0 Å². The lowest BCUT2D eigenvalue weighted by atomic mass is 9.80. The molecule has 2 N–H and O–H groups in total. The van der Waals surface area contributed by atoms with Crippen molar-refractivity contribution in [1.29, 1.82) is 0 Å². The number of hydrogen-bond donors (Lipinski definition) is 2. The van der Waals surface area contributed by atoms with Gasteiger partial charge in [0.05, 0.1) is 5.75 Å². The van der Waals surface area contributed by atoms with E-state index in [2.05, 4.69) is 23.9 Å². The van der Waals surface area contributed by atoms with E-state index < -0.39 is 10.0 Å². The third-order valence-electron chi connectivity index (χ3n) is 3.67. The summed E-state index contributed by atoms with van der Waals surface area (Å²) in [6.45, 7) is 7.46. The van der Waals surface area contributed by atoms with E-state index in [1.54, 1.807) is 6.92 Å². The van der Waals surface area contributed by atoms with Gasteiger partial charge in [0.15, 0.2) is 0 Å². The average Bonchev–Trinajstić information content (AvgIpc) is 2.27. The molecule has 102 valence electrons. The van der Waals surface area contributed by atoms with Crippen molar-refractivity contribution in [2.45, 2.75) is 46.1 Å². The zero-order chi connectivity index (χ0) is 12.9. The maximum Gasteiger partial charge on any atom is 0.211 e. The van der Waals surface area contributed by atoms with Gasteiger partial charge in [-0.25, -0.2) is 13.1 Å². The van der Waals surface area contributed by atoms with E-state index in [0.717, 1.165) is 12.5 Å². The molecule has 0 heterocycles. The fourth-order valence-electron chi connectivity index (χ4n) is 2.53. The van der Waals surface area contributed by atoms with E-state index in [1.165, 1.54) is 19.3 Å². The van der Waals surface area contributed by atoms with Crippen molar-refractivity contribution in [3.8, 4) is 0 Å². The first-order chi connectivity index (χ1) is 7.94. The smallest absolute Gasteiger partial charge is 0.211 e. The predicted molar refractivity (Wildman–Crippen MR) is 71.4 cm³/mol. The summed E-state index contributed by atoms with van der Waals surface area (Å²) in [6, 6.07) is 0.553. The minimum atomic E-state index is -3.03. The van der Waals surface area contributed by atoms with Crippen LogP contribution in [0, 0.1) is 11.8 Å². The van der Waals surface area contributed by atoms with Gasteiger partial charge in [-0.15, -0.1) is 0 Å². The van der Waals surface area contributed by atoms with Gasteiger partial charge in [-0.3, -0.25) is 0 Å². The van der Waals surface area contributed by atoms with Crippen molar-refractivity contribution in [1.82, 2.24) is 10.0 Å². The second kappa shape index (κ2) is 6.71. The van der Waals surface area contributed by atoms with E-state index in [9.17, 15) is 8.42 Å². The molecule has 0 spiro atoms. The Morgan fingerprint density at radius 3 is 2.47 bits per heavy atom. The van der Waals surface area contributed by atoms with Gasteiger partial charge < -0.3 is 5.32 Å². The summed E-state index contributed by atoms with van der Waals surface area (Å²) in [6.07, 6.45) is 3.77. The van der Waals surface area contributed by atoms with Crippen LogP contribution in [0.5, 0.6) is 0 Å². The van der Waals surface area contributed by atoms with Crippen molar-refractivity contribution in [2.75, 3.05) is 18.8 Å². The zero-order valence-electron chi connectivity index (χ0n) is 11.2. The Bertz CT molecular complexity index is 316. The second-order valence-electron chi connectivity index (χ2n) is 5.25. The summed E-state index contributed by atoms with van der Waals surface area (Å²) in [5.41, 5.74) is 0. The molecular formula is C12H26N2O2S. The van der Waals surface area contributed by atoms with E-state index in [-0.39, 0.29) is 5.75 Å². The molecule has 1 aliphatic rings. The highest BCUT2D eigenvalue weighted by Crippen LogP contribution is 2.28. The molecule has 1 rings (SSSR count). The largest absolute Gasteiger partial charge is 0.312 e. The highest BCUT2D eigenvalue weighted by atomic mass is 32.2. The molecule has 0 aromatic rings. The van der Waals surface area contributed by atoms with Crippen molar-refractivity contribution in [3.63, 3.8) is 0 Å². The predicted octanol–water partition coefficient (Wildman–Crippen LogP) is 1.34. The summed E-state index contributed by atoms with van der Waals surface area (Å²) in [5.74, 6) is 1.69. The lowest BCUT2D eigenvalue weighted by molar-refractivity contribution is 0.229. The molecule has 0 bridgehead atoms. The Labute approximate surface area is 106 Å². The van der Waals surface area contributed by atoms with Gasteiger partial charge in [-0.1, -0.05) is 13.8 Å². The number of nitrogens with one attached hydrogen (secondary N) is 2. The summed E-state index contributed by atoms with van der Waals surface area (Å²) in [5, 5.41) is 3.46. The first-order valence-electron chi connectivity index (χ1n) is 6.65. The molecule has 17 heavy (non-hydrogen) atoms. The number of sulfonamides is 1. The molecule has 3 atom stereocenters. The minimum Gasteiger partial charge on any atom is -0.312 e. The summed E-state index contributed by atoms with van der Waals surface area (Å²) >= 11 is 0. The summed E-state index contributed by atoms with van der Waals surface area (Å²) in [4.78, 5) is 0. The quantitative estimate of drug-likeness (QED) is 0.710. The van der Waals surface area contributed by atoms with Crippen molar-refractivity contribution < 1.29 is 8.42 Å². The molecule has 0 aromatic carbocycles. The molecule has 0 saturated heterocycles. The lowest BCUT2D eigenvalue weighted by Gasteiger charge is -2.33. The minimum absolute atomic E-state index is 0.157. The molecule has 1 aliphatic carbocycles. The van der Waals surface area contributed by atoms with Gasteiger partial charge in [0.2, 0.25) is 10.0 Å². The summed E-state index contributed by atoms with van der Waals surface area (Å²) in [7, 11) is -3.03. The van der Waals surface area contributed by atoms with E-state index in [4.69, 9.17) is 0 Å². The molecule has 0 unspecified atom stereocenters. The molecule has 1 fully saturated rings. The standard InChI is InChI=1S/C12H26N2O2S/c1-4-17(15,16)14-8-7-13-12-6-5-10(2)9-11(12)3/h10-14H,4-9H2,1-3H3/t10-,11+,12-/m1/s1. The van der Waals surface area contributed by atoms with Crippen LogP contribution in [-0.2, 0) is 10.0 Å². The average molecular weight is 262 g/mol. The van der Waals surface area contributed by atoms with Gasteiger partial charge in [0, 0.05) is 19.1 Å². The third kappa shape index (κ3) is 5.36. The molecule has 1 saturated carbocycles. The fourth-order valence-corrected chi connectivity index (χ4v) is 3.15. The maximum atomic E-state index is 11.2. The first kappa shape index (κ1) is 14.9. The molecular weight excluding hydrogens is 236 g/mol. The highest BCUT2D eigenvalue weighted by molar-refractivity contribution is 7.89. The van der Waals surface area contributed by atoms with Gasteiger partial charge >= 0.3 is 0 Å². The lowest BCUT2D eigenvalue weighted by Crippen LogP contribution is -2.42. The summed E-state index contributed by atoms with van der Waals surface area (Å²) < 4.78 is 25.0. The topological polar surface area (TPSA) is 58.2 Å². The van der Waals surface area contributed by atoms with Crippen LogP contribution in [0.25, 0.3) is 0 Å². The van der Waals surface area contributed by atoms with Crippen molar-refractivity contribution in [2.24, 2.45) is 11.8 Å². The number of hydrogen-bond acceptors (Lipinski definition) is 3. The van der Waals surface area contributed by atoms with Crippen LogP contribution >= 0.6 is 0 Å². The SMILES string of the molecule is CCS(=O)(=O)NCCN[C@@H]1CC[C@@H](C)C[C@@H]1C. The van der Waals surface area contributed by atoms with Crippen molar-refractivity contribution >= 4 is 10.0 Å². The molecule has 0 aliphatic heterocycles. The van der Waals surface area contributed by atoms with Crippen LogP contribution in [0.15, 0.2) is 0 Å². The van der Waals surface area contributed by atoms with Crippen LogP contribution in [0.1, 0.15) is 40.0 Å². The molecule has 4 nitrogen and oxygen atoms in total. The van der Waals surface area contributed by atoms with Gasteiger partial charge in [0.1, 0.15) is 0 Å². The highest BCUT2D eigenvalue weighted by Gasteiger charge is 2.24. The third-order valence-corrected chi connectivity index (χ3v) is 5.07. The Morgan fingerprint density at radius 2 is 1.88 bits per heavy atom. The maximum absolute atomic E-state index is 11.2. The Balaban J connectivity index is 2.19. The normalized spacial score (nSPS) is 30.4. The van der Waals surface area contributed by atoms with Crippen molar-refractivity contribution in [3.05, 3.63) is 0 Å². The van der Waals surface area contributed by atoms with Gasteiger partial charge in [-0.2, -0.15) is 0 Å². The van der Waals surface area contributed by atoms with Crippen LogP contribution < -0.4 is 10.0 Å². The molecule has 0 aromatic heterocycles. The van der Waals surface area contributed by atoms with Crippen LogP contribution in [0.4, 0.5) is 0 Å². The van der Waals surface area contributed by atoms with E-state index >= 15 is 0 Å². The fraction of sp³-hybridized carbons (Fsp3) is 1.00. The first-order valence-corrected chi connectivity index (χ1v) is 8.30. The van der Waals surface area contributed by atoms with Crippen LogP contribution in [0.3, 0.4) is 0 Å². The van der Waals surface area contributed by atoms with Crippen LogP contribution in [0.2, 0.25) is 0 Å². The Hall–Kier alpha value is -0.130. The zero-order valence-corrected chi connectivity index (χ0v) is 12.0. The van der Waals surface area contributed by atoms with E-state index in [1.807, 2.05) is 0 Å². The Morgan fingerprint density at radius 1 is 1.18 bits per heavy atom. The Kier molecular flexibility index (Phi) is 5.89. The van der Waals surface area contributed by atoms with Crippen LogP contribution in [-0.4, -0.2) is 33.3 Å². The number of rotatable bonds is 6.